The van der Waals surface area contributed by atoms with E-state index >= 15 is 0 Å². The molecule has 1 unspecified atom stereocenters. The van der Waals surface area contributed by atoms with Crippen molar-refractivity contribution in [2.24, 2.45) is 0 Å². The molecule has 0 heterocycles. The fourth-order valence-corrected chi connectivity index (χ4v) is 0. The number of hydrogen-bond donors (Lipinski definition) is 2. The molecule has 0 aliphatic rings. The van der Waals surface area contributed by atoms with Crippen LogP contribution < -0.4 is 0 Å². The molecule has 0 bridgehead atoms. The first-order valence-electron chi connectivity index (χ1n) is 1.55. The molecule has 2 N–H and O–H groups in total. The summed E-state index contributed by atoms with van der Waals surface area (Å²) in [7, 11) is 0. The quantitative estimate of drug-likeness (QED) is 0.444. The van der Waals surface area contributed by atoms with Gasteiger partial charge in [-0.1, -0.05) is 0 Å². The van der Waals surface area contributed by atoms with Crippen LogP contribution in [0, 0.1) is 0 Å². The molecule has 0 aromatic carbocycles. The zero-order chi connectivity index (χ0) is 5.15. The standard InChI is InChI=1S/C3H6O3.GeH4/c1-2(4)3(5)6;/h2,4H,1H3,(H,5,6);1H4. The molecule has 0 radical (unpaired) electrons. The Morgan fingerprint density at radius 3 is 1.86 bits per heavy atom. The molecule has 0 saturated carbocycles. The first-order chi connectivity index (χ1) is 2.64. The summed E-state index contributed by atoms with van der Waals surface area (Å²) in [6.45, 7) is 1.20. The van der Waals surface area contributed by atoms with Gasteiger partial charge in [-0.25, -0.2) is 4.79 Å². The molecule has 0 fully saturated rings. The van der Waals surface area contributed by atoms with E-state index in [1.54, 1.807) is 0 Å². The first-order valence-corrected chi connectivity index (χ1v) is 1.55. The molecule has 0 rings (SSSR count). The molecule has 3 nitrogen and oxygen atoms in total. The van der Waals surface area contributed by atoms with Crippen molar-refractivity contribution in [3.8, 4) is 0 Å². The topological polar surface area (TPSA) is 57.5 Å². The van der Waals surface area contributed by atoms with Gasteiger partial charge in [-0.05, 0) is 6.92 Å². The Morgan fingerprint density at radius 1 is 1.71 bits per heavy atom. The van der Waals surface area contributed by atoms with Crippen molar-refractivity contribution in [2.75, 3.05) is 0 Å². The maximum absolute atomic E-state index is 9.45. The number of rotatable bonds is 1. The summed E-state index contributed by atoms with van der Waals surface area (Å²) in [5.74, 6) is -1.19. The van der Waals surface area contributed by atoms with Crippen LogP contribution >= 0.6 is 0 Å². The van der Waals surface area contributed by atoms with E-state index in [2.05, 4.69) is 0 Å². The monoisotopic (exact) mass is 168 g/mol. The number of hydrogen-bond acceptors (Lipinski definition) is 2. The van der Waals surface area contributed by atoms with Crippen LogP contribution in [0.5, 0.6) is 0 Å². The fraction of sp³-hybridized carbons (Fsp3) is 0.667. The van der Waals surface area contributed by atoms with Gasteiger partial charge in [0.25, 0.3) is 0 Å². The number of carboxylic acids is 1. The average Bonchev–Trinajstić information content (AvgIpc) is 1.36. The molecule has 7 heavy (non-hydrogen) atoms. The van der Waals surface area contributed by atoms with Crippen LogP contribution in [-0.4, -0.2) is 39.9 Å². The molecule has 4 heteroatoms. The molecule has 0 saturated heterocycles. The van der Waals surface area contributed by atoms with E-state index in [0.29, 0.717) is 0 Å². The van der Waals surface area contributed by atoms with Crippen LogP contribution in [0.3, 0.4) is 0 Å². The van der Waals surface area contributed by atoms with Crippen molar-refractivity contribution >= 4 is 23.6 Å². The van der Waals surface area contributed by atoms with Crippen molar-refractivity contribution in [3.63, 3.8) is 0 Å². The summed E-state index contributed by atoms with van der Waals surface area (Å²) >= 11 is 0. The van der Waals surface area contributed by atoms with Crippen molar-refractivity contribution in [1.82, 2.24) is 0 Å². The average molecular weight is 167 g/mol. The second-order valence-corrected chi connectivity index (χ2v) is 1.01. The number of aliphatic hydroxyl groups is 1. The summed E-state index contributed by atoms with van der Waals surface area (Å²) in [4.78, 5) is 9.45. The van der Waals surface area contributed by atoms with Crippen LogP contribution in [0.4, 0.5) is 0 Å². The maximum atomic E-state index is 9.45. The predicted octanol–water partition coefficient (Wildman–Crippen LogP) is -2.00. The minimum atomic E-state index is -1.23. The van der Waals surface area contributed by atoms with Crippen molar-refractivity contribution in [3.05, 3.63) is 0 Å². The molecule has 44 valence electrons. The minimum absolute atomic E-state index is 0. The van der Waals surface area contributed by atoms with Gasteiger partial charge in [0.2, 0.25) is 0 Å². The zero-order valence-corrected chi connectivity index (χ0v) is 3.38. The zero-order valence-electron chi connectivity index (χ0n) is 3.38. The van der Waals surface area contributed by atoms with E-state index in [4.69, 9.17) is 10.2 Å². The molecular formula is C3H10GeO3. The molecular weight excluding hydrogens is 157 g/mol. The van der Waals surface area contributed by atoms with Crippen molar-refractivity contribution in [2.45, 2.75) is 13.0 Å². The van der Waals surface area contributed by atoms with Gasteiger partial charge in [0.1, 0.15) is 6.10 Å². The summed E-state index contributed by atoms with van der Waals surface area (Å²) < 4.78 is 0. The molecule has 0 aromatic rings. The molecule has 0 aliphatic heterocycles. The second kappa shape index (κ2) is 4.14. The Balaban J connectivity index is 0. The Kier molecular flexibility index (Phi) is 5.95. The van der Waals surface area contributed by atoms with Crippen molar-refractivity contribution in [1.29, 1.82) is 0 Å². The van der Waals surface area contributed by atoms with Crippen LogP contribution in [0.25, 0.3) is 0 Å². The van der Waals surface area contributed by atoms with Gasteiger partial charge in [0.05, 0.1) is 0 Å². The Hall–Kier alpha value is -0.0271. The van der Waals surface area contributed by atoms with Gasteiger partial charge in [-0.15, -0.1) is 0 Å². The molecule has 0 spiro atoms. The van der Waals surface area contributed by atoms with Crippen LogP contribution in [-0.2, 0) is 4.79 Å². The van der Waals surface area contributed by atoms with Gasteiger partial charge in [-0.2, -0.15) is 0 Å². The third-order valence-corrected chi connectivity index (χ3v) is 0.357. The van der Waals surface area contributed by atoms with E-state index in [0.717, 1.165) is 0 Å². The summed E-state index contributed by atoms with van der Waals surface area (Å²) in [6.07, 6.45) is -1.23. The van der Waals surface area contributed by atoms with E-state index in [-0.39, 0.29) is 17.6 Å². The van der Waals surface area contributed by atoms with Gasteiger partial charge < -0.3 is 10.2 Å². The summed E-state index contributed by atoms with van der Waals surface area (Å²) in [6, 6.07) is 0. The van der Waals surface area contributed by atoms with Gasteiger partial charge >= 0.3 is 23.6 Å². The summed E-state index contributed by atoms with van der Waals surface area (Å²) in [5, 5.41) is 15.8. The van der Waals surface area contributed by atoms with E-state index in [1.165, 1.54) is 6.92 Å². The van der Waals surface area contributed by atoms with Crippen LogP contribution in [0.15, 0.2) is 0 Å². The predicted molar refractivity (Wildman–Crippen MR) is 30.7 cm³/mol. The van der Waals surface area contributed by atoms with Crippen LogP contribution in [0.1, 0.15) is 6.92 Å². The molecule has 1 atom stereocenters. The number of aliphatic hydroxyl groups excluding tert-OH is 1. The third kappa shape index (κ3) is 5.97. The third-order valence-electron chi connectivity index (χ3n) is 0.357. The van der Waals surface area contributed by atoms with Crippen molar-refractivity contribution < 1.29 is 15.0 Å². The molecule has 0 aliphatic carbocycles. The van der Waals surface area contributed by atoms with Crippen LogP contribution in [0.2, 0.25) is 0 Å². The van der Waals surface area contributed by atoms with E-state index in [1.807, 2.05) is 0 Å². The summed E-state index contributed by atoms with van der Waals surface area (Å²) in [5.41, 5.74) is 0. The Labute approximate surface area is 52.3 Å². The number of carbonyl (C=O) groups is 1. The number of carboxylic acid groups (broad SMARTS) is 1. The Bertz CT molecular complexity index is 61.2. The second-order valence-electron chi connectivity index (χ2n) is 1.01. The van der Waals surface area contributed by atoms with Gasteiger partial charge in [0, 0.05) is 0 Å². The van der Waals surface area contributed by atoms with Gasteiger partial charge in [0.15, 0.2) is 0 Å². The number of aliphatic carboxylic acids is 1. The Morgan fingerprint density at radius 2 is 1.86 bits per heavy atom. The molecule has 0 aromatic heterocycles. The SMILES string of the molecule is CC(O)C(=O)O.[GeH4]. The fourth-order valence-electron chi connectivity index (χ4n) is 0. The van der Waals surface area contributed by atoms with Gasteiger partial charge in [-0.3, -0.25) is 0 Å². The van der Waals surface area contributed by atoms with E-state index < -0.39 is 12.1 Å². The normalized spacial score (nSPS) is 11.7. The van der Waals surface area contributed by atoms with E-state index in [9.17, 15) is 4.79 Å². The first kappa shape index (κ1) is 10.1. The molecule has 0 amide bonds.